The molecule has 7 nitrogen and oxygen atoms in total. The van der Waals surface area contributed by atoms with Gasteiger partial charge in [-0.25, -0.2) is 4.79 Å². The third kappa shape index (κ3) is 4.43. The minimum Gasteiger partial charge on any atom is -0.460 e. The van der Waals surface area contributed by atoms with Crippen LogP contribution in [-0.2, 0) is 4.74 Å². The average Bonchev–Trinajstić information content (AvgIpc) is 2.89. The summed E-state index contributed by atoms with van der Waals surface area (Å²) in [5, 5.41) is 19.0. The summed E-state index contributed by atoms with van der Waals surface area (Å²) in [6.07, 6.45) is 0. The third-order valence-corrected chi connectivity index (χ3v) is 2.10. The van der Waals surface area contributed by atoms with E-state index < -0.39 is 5.97 Å². The van der Waals surface area contributed by atoms with Crippen molar-refractivity contribution in [2.75, 3.05) is 13.2 Å². The standard InChI is InChI=1S/C11H12N4O2.C2H6O/c1-3-17-11(16)10-12-14-15(13-10)9-6-4-5-8(2)7-9;1-2-3/h4-7H,3H2,1-2H3;3H,2H2,1H3. The first-order chi connectivity index (χ1) is 9.62. The van der Waals surface area contributed by atoms with E-state index in [1.807, 2.05) is 31.2 Å². The highest BCUT2D eigenvalue weighted by molar-refractivity contribution is 5.84. The number of rotatable bonds is 3. The number of aromatic nitrogens is 4. The van der Waals surface area contributed by atoms with Crippen LogP contribution in [0.4, 0.5) is 0 Å². The normalized spacial score (nSPS) is 9.60. The summed E-state index contributed by atoms with van der Waals surface area (Å²) in [6.45, 7) is 5.91. The van der Waals surface area contributed by atoms with Crippen molar-refractivity contribution >= 4 is 5.97 Å². The Bertz CT molecular complexity index is 554. The van der Waals surface area contributed by atoms with Crippen LogP contribution in [0.1, 0.15) is 30.0 Å². The van der Waals surface area contributed by atoms with Gasteiger partial charge in [-0.1, -0.05) is 12.1 Å². The molecule has 0 radical (unpaired) electrons. The summed E-state index contributed by atoms with van der Waals surface area (Å²) >= 11 is 0. The van der Waals surface area contributed by atoms with Gasteiger partial charge in [0.25, 0.3) is 5.82 Å². The Balaban J connectivity index is 0.000000612. The predicted octanol–water partition coefficient (Wildman–Crippen LogP) is 1.15. The second-order valence-electron chi connectivity index (χ2n) is 3.78. The lowest BCUT2D eigenvalue weighted by Gasteiger charge is -1.98. The van der Waals surface area contributed by atoms with Gasteiger partial charge in [0.1, 0.15) is 0 Å². The zero-order chi connectivity index (χ0) is 15.0. The summed E-state index contributed by atoms with van der Waals surface area (Å²) in [7, 11) is 0. The number of ether oxygens (including phenoxy) is 1. The number of esters is 1. The summed E-state index contributed by atoms with van der Waals surface area (Å²) in [4.78, 5) is 12.7. The van der Waals surface area contributed by atoms with Crippen LogP contribution < -0.4 is 0 Å². The molecule has 2 aromatic rings. The Morgan fingerprint density at radius 2 is 2.10 bits per heavy atom. The highest BCUT2D eigenvalue weighted by Gasteiger charge is 2.14. The predicted molar refractivity (Wildman–Crippen MR) is 72.6 cm³/mol. The van der Waals surface area contributed by atoms with Crippen molar-refractivity contribution in [1.29, 1.82) is 0 Å². The number of hydrogen-bond acceptors (Lipinski definition) is 6. The maximum absolute atomic E-state index is 11.4. The van der Waals surface area contributed by atoms with E-state index in [0.29, 0.717) is 0 Å². The van der Waals surface area contributed by atoms with Crippen LogP contribution in [0.25, 0.3) is 5.69 Å². The maximum atomic E-state index is 11.4. The van der Waals surface area contributed by atoms with Crippen molar-refractivity contribution < 1.29 is 14.6 Å². The Morgan fingerprint density at radius 3 is 2.70 bits per heavy atom. The zero-order valence-corrected chi connectivity index (χ0v) is 11.8. The largest absolute Gasteiger partial charge is 0.460 e. The van der Waals surface area contributed by atoms with E-state index >= 15 is 0 Å². The van der Waals surface area contributed by atoms with E-state index in [1.54, 1.807) is 13.8 Å². The minimum absolute atomic E-state index is 0.0339. The summed E-state index contributed by atoms with van der Waals surface area (Å²) in [5.74, 6) is -0.597. The van der Waals surface area contributed by atoms with E-state index in [1.165, 1.54) is 4.80 Å². The molecule has 1 aromatic heterocycles. The molecule has 0 fully saturated rings. The number of carbonyl (C=O) groups is 1. The molecule has 1 heterocycles. The monoisotopic (exact) mass is 278 g/mol. The van der Waals surface area contributed by atoms with E-state index in [-0.39, 0.29) is 19.0 Å². The summed E-state index contributed by atoms with van der Waals surface area (Å²) < 4.78 is 4.78. The molecule has 0 aliphatic rings. The van der Waals surface area contributed by atoms with Crippen molar-refractivity contribution in [1.82, 2.24) is 20.2 Å². The zero-order valence-electron chi connectivity index (χ0n) is 11.8. The number of aliphatic hydroxyl groups is 1. The van der Waals surface area contributed by atoms with E-state index in [9.17, 15) is 4.79 Å². The first-order valence-electron chi connectivity index (χ1n) is 6.27. The second-order valence-corrected chi connectivity index (χ2v) is 3.78. The molecule has 108 valence electrons. The van der Waals surface area contributed by atoms with Crippen LogP contribution in [0.5, 0.6) is 0 Å². The van der Waals surface area contributed by atoms with Crippen LogP contribution in [0.3, 0.4) is 0 Å². The van der Waals surface area contributed by atoms with Crippen molar-refractivity contribution in [3.05, 3.63) is 35.7 Å². The van der Waals surface area contributed by atoms with Gasteiger partial charge >= 0.3 is 5.97 Å². The van der Waals surface area contributed by atoms with Gasteiger partial charge in [-0.3, -0.25) is 0 Å². The molecule has 1 aromatic carbocycles. The van der Waals surface area contributed by atoms with Crippen LogP contribution in [0, 0.1) is 6.92 Å². The molecule has 0 unspecified atom stereocenters. The smallest absolute Gasteiger partial charge is 0.380 e. The summed E-state index contributed by atoms with van der Waals surface area (Å²) in [5.41, 5.74) is 1.84. The minimum atomic E-state index is -0.564. The Hall–Kier alpha value is -2.28. The maximum Gasteiger partial charge on any atom is 0.380 e. The van der Waals surface area contributed by atoms with Crippen LogP contribution in [0.2, 0.25) is 0 Å². The van der Waals surface area contributed by atoms with Gasteiger partial charge in [-0.05, 0) is 43.7 Å². The van der Waals surface area contributed by atoms with Crippen molar-refractivity contribution in [2.24, 2.45) is 0 Å². The lowest BCUT2D eigenvalue weighted by molar-refractivity contribution is 0.0512. The van der Waals surface area contributed by atoms with Crippen LogP contribution in [-0.4, -0.2) is 44.5 Å². The summed E-state index contributed by atoms with van der Waals surface area (Å²) in [6, 6.07) is 7.59. The number of carbonyl (C=O) groups excluding carboxylic acids is 1. The molecular weight excluding hydrogens is 260 g/mol. The molecule has 0 aliphatic heterocycles. The van der Waals surface area contributed by atoms with Gasteiger partial charge in [0.15, 0.2) is 0 Å². The SMILES string of the molecule is CCO.CCOC(=O)c1nnn(-c2cccc(C)c2)n1. The highest BCUT2D eigenvalue weighted by Crippen LogP contribution is 2.07. The molecule has 0 saturated heterocycles. The van der Waals surface area contributed by atoms with E-state index in [4.69, 9.17) is 9.84 Å². The fourth-order valence-electron chi connectivity index (χ4n) is 1.35. The molecular formula is C13H18N4O3. The molecule has 1 N–H and O–H groups in total. The lowest BCUT2D eigenvalue weighted by Crippen LogP contribution is -2.07. The number of tetrazole rings is 1. The Morgan fingerprint density at radius 1 is 1.40 bits per heavy atom. The van der Waals surface area contributed by atoms with Crippen molar-refractivity contribution in [3.8, 4) is 5.69 Å². The molecule has 2 rings (SSSR count). The average molecular weight is 278 g/mol. The quantitative estimate of drug-likeness (QED) is 0.847. The van der Waals surface area contributed by atoms with Gasteiger partial charge in [0.05, 0.1) is 12.3 Å². The van der Waals surface area contributed by atoms with Crippen LogP contribution in [0.15, 0.2) is 24.3 Å². The van der Waals surface area contributed by atoms with Gasteiger partial charge in [-0.2, -0.15) is 0 Å². The molecule has 20 heavy (non-hydrogen) atoms. The molecule has 0 saturated carbocycles. The van der Waals surface area contributed by atoms with Gasteiger partial charge in [0, 0.05) is 6.61 Å². The van der Waals surface area contributed by atoms with E-state index in [2.05, 4.69) is 15.4 Å². The van der Waals surface area contributed by atoms with Crippen LogP contribution >= 0.6 is 0 Å². The molecule has 0 aliphatic carbocycles. The van der Waals surface area contributed by atoms with Gasteiger partial charge in [-0.15, -0.1) is 15.0 Å². The number of hydrogen-bond donors (Lipinski definition) is 1. The lowest BCUT2D eigenvalue weighted by atomic mass is 10.2. The molecule has 0 atom stereocenters. The first kappa shape index (κ1) is 15.8. The van der Waals surface area contributed by atoms with Crippen molar-refractivity contribution in [3.63, 3.8) is 0 Å². The van der Waals surface area contributed by atoms with E-state index in [0.717, 1.165) is 11.3 Å². The van der Waals surface area contributed by atoms with Crippen molar-refractivity contribution in [2.45, 2.75) is 20.8 Å². The molecule has 7 heteroatoms. The number of aliphatic hydroxyl groups excluding tert-OH is 1. The second kappa shape index (κ2) is 8.00. The fourth-order valence-corrected chi connectivity index (χ4v) is 1.35. The molecule has 0 bridgehead atoms. The number of benzene rings is 1. The highest BCUT2D eigenvalue weighted by atomic mass is 16.5. The molecule has 0 spiro atoms. The molecule has 0 amide bonds. The first-order valence-corrected chi connectivity index (χ1v) is 6.27. The third-order valence-electron chi connectivity index (χ3n) is 2.10. The fraction of sp³-hybridized carbons (Fsp3) is 0.385. The number of aryl methyl sites for hydroxylation is 1. The Labute approximate surface area is 117 Å². The number of nitrogens with zero attached hydrogens (tertiary/aromatic N) is 4. The van der Waals surface area contributed by atoms with Gasteiger partial charge in [0.2, 0.25) is 0 Å². The van der Waals surface area contributed by atoms with Gasteiger partial charge < -0.3 is 9.84 Å². The Kier molecular flexibility index (Phi) is 6.31. The topological polar surface area (TPSA) is 90.1 Å².